The minimum atomic E-state index is -0.246. The van der Waals surface area contributed by atoms with Crippen LogP contribution in [0, 0.1) is 0 Å². The molecule has 1 amide bonds. The van der Waals surface area contributed by atoms with Crippen molar-refractivity contribution in [2.75, 3.05) is 11.4 Å². The van der Waals surface area contributed by atoms with E-state index < -0.39 is 0 Å². The van der Waals surface area contributed by atoms with Gasteiger partial charge in [0.1, 0.15) is 6.10 Å². The minimum absolute atomic E-state index is 0.0164. The standard InChI is InChI=1S/C13H17NO2/c1-9(2)11-4-6-12(7-5-11)14-8-10(3)16-13(14)15/h4-7,9-10H,8H2,1-3H3/t10-/m1/s1. The Kier molecular flexibility index (Phi) is 2.86. The van der Waals surface area contributed by atoms with E-state index in [2.05, 4.69) is 26.0 Å². The molecule has 0 N–H and O–H groups in total. The highest BCUT2D eigenvalue weighted by atomic mass is 16.6. The van der Waals surface area contributed by atoms with Gasteiger partial charge in [-0.2, -0.15) is 0 Å². The van der Waals surface area contributed by atoms with Crippen molar-refractivity contribution < 1.29 is 9.53 Å². The van der Waals surface area contributed by atoms with E-state index in [9.17, 15) is 4.79 Å². The Balaban J connectivity index is 2.19. The van der Waals surface area contributed by atoms with Crippen molar-refractivity contribution in [1.29, 1.82) is 0 Å². The molecule has 0 unspecified atom stereocenters. The van der Waals surface area contributed by atoms with Crippen molar-refractivity contribution >= 4 is 11.8 Å². The molecule has 0 aliphatic carbocycles. The van der Waals surface area contributed by atoms with Gasteiger partial charge in [0, 0.05) is 5.69 Å². The van der Waals surface area contributed by atoms with Gasteiger partial charge in [-0.3, -0.25) is 4.90 Å². The first kappa shape index (κ1) is 11.0. The Morgan fingerprint density at radius 2 is 1.94 bits per heavy atom. The van der Waals surface area contributed by atoms with Crippen molar-refractivity contribution in [1.82, 2.24) is 0 Å². The van der Waals surface area contributed by atoms with Crippen LogP contribution in [0.25, 0.3) is 0 Å². The molecule has 1 aromatic carbocycles. The highest BCUT2D eigenvalue weighted by Gasteiger charge is 2.29. The van der Waals surface area contributed by atoms with Crippen molar-refractivity contribution in [2.24, 2.45) is 0 Å². The number of hydrogen-bond acceptors (Lipinski definition) is 2. The third-order valence-corrected chi connectivity index (χ3v) is 2.83. The molecule has 0 radical (unpaired) electrons. The number of cyclic esters (lactones) is 1. The normalized spacial score (nSPS) is 20.4. The molecule has 1 aromatic rings. The first-order valence-electron chi connectivity index (χ1n) is 5.66. The molecule has 1 aliphatic rings. The third kappa shape index (κ3) is 2.03. The number of benzene rings is 1. The Hall–Kier alpha value is -1.51. The zero-order valence-corrected chi connectivity index (χ0v) is 9.93. The summed E-state index contributed by atoms with van der Waals surface area (Å²) >= 11 is 0. The molecule has 0 bridgehead atoms. The number of rotatable bonds is 2. The third-order valence-electron chi connectivity index (χ3n) is 2.83. The second kappa shape index (κ2) is 4.16. The van der Waals surface area contributed by atoms with E-state index in [0.29, 0.717) is 12.5 Å². The quantitative estimate of drug-likeness (QED) is 0.764. The van der Waals surface area contributed by atoms with Gasteiger partial charge in [0.2, 0.25) is 0 Å². The van der Waals surface area contributed by atoms with Gasteiger partial charge < -0.3 is 4.74 Å². The molecule has 1 aliphatic heterocycles. The maximum absolute atomic E-state index is 11.5. The molecule has 86 valence electrons. The lowest BCUT2D eigenvalue weighted by Crippen LogP contribution is -2.23. The van der Waals surface area contributed by atoms with Crippen molar-refractivity contribution in [2.45, 2.75) is 32.8 Å². The fourth-order valence-corrected chi connectivity index (χ4v) is 1.85. The smallest absolute Gasteiger partial charge is 0.414 e. The zero-order chi connectivity index (χ0) is 11.7. The lowest BCUT2D eigenvalue weighted by atomic mass is 10.0. The summed E-state index contributed by atoms with van der Waals surface area (Å²) in [7, 11) is 0. The van der Waals surface area contributed by atoms with E-state index in [0.717, 1.165) is 5.69 Å². The van der Waals surface area contributed by atoms with Crippen LogP contribution in [-0.4, -0.2) is 18.7 Å². The van der Waals surface area contributed by atoms with Crippen LogP contribution in [0.15, 0.2) is 24.3 Å². The number of amides is 1. The predicted octanol–water partition coefficient (Wildman–Crippen LogP) is 3.16. The summed E-state index contributed by atoms with van der Waals surface area (Å²) in [6.07, 6.45) is -0.262. The number of carbonyl (C=O) groups excluding carboxylic acids is 1. The molecule has 3 nitrogen and oxygen atoms in total. The van der Waals surface area contributed by atoms with Crippen LogP contribution in [0.5, 0.6) is 0 Å². The fourth-order valence-electron chi connectivity index (χ4n) is 1.85. The van der Waals surface area contributed by atoms with Crippen LogP contribution in [-0.2, 0) is 4.74 Å². The summed E-state index contributed by atoms with van der Waals surface area (Å²) in [5.74, 6) is 0.513. The van der Waals surface area contributed by atoms with Crippen LogP contribution in [0.1, 0.15) is 32.3 Å². The highest BCUT2D eigenvalue weighted by molar-refractivity contribution is 5.89. The number of hydrogen-bond donors (Lipinski definition) is 0. The molecule has 1 heterocycles. The van der Waals surface area contributed by atoms with Crippen molar-refractivity contribution in [3.8, 4) is 0 Å². The molecule has 3 heteroatoms. The van der Waals surface area contributed by atoms with Gasteiger partial charge in [0.15, 0.2) is 0 Å². The highest BCUT2D eigenvalue weighted by Crippen LogP contribution is 2.23. The van der Waals surface area contributed by atoms with Gasteiger partial charge in [0.25, 0.3) is 0 Å². The molecular formula is C13H17NO2. The Morgan fingerprint density at radius 1 is 1.31 bits per heavy atom. The Morgan fingerprint density at radius 3 is 2.38 bits per heavy atom. The fraction of sp³-hybridized carbons (Fsp3) is 0.462. The second-order valence-corrected chi connectivity index (χ2v) is 4.55. The molecule has 0 saturated carbocycles. The summed E-state index contributed by atoms with van der Waals surface area (Å²) in [5, 5.41) is 0. The average molecular weight is 219 g/mol. The second-order valence-electron chi connectivity index (χ2n) is 4.55. The summed E-state index contributed by atoms with van der Waals surface area (Å²) in [6.45, 7) is 6.85. The van der Waals surface area contributed by atoms with E-state index in [1.807, 2.05) is 19.1 Å². The van der Waals surface area contributed by atoms with Gasteiger partial charge >= 0.3 is 6.09 Å². The minimum Gasteiger partial charge on any atom is -0.444 e. The van der Waals surface area contributed by atoms with E-state index in [1.165, 1.54) is 5.56 Å². The molecule has 1 saturated heterocycles. The summed E-state index contributed by atoms with van der Waals surface area (Å²) < 4.78 is 5.09. The van der Waals surface area contributed by atoms with Crippen LogP contribution < -0.4 is 4.90 Å². The first-order valence-corrected chi connectivity index (χ1v) is 5.66. The predicted molar refractivity (Wildman–Crippen MR) is 63.8 cm³/mol. The molecule has 0 aromatic heterocycles. The molecule has 0 spiro atoms. The maximum atomic E-state index is 11.5. The van der Waals surface area contributed by atoms with Crippen LogP contribution >= 0.6 is 0 Å². The van der Waals surface area contributed by atoms with Gasteiger partial charge in [-0.25, -0.2) is 4.79 Å². The zero-order valence-electron chi connectivity index (χ0n) is 9.93. The largest absolute Gasteiger partial charge is 0.444 e. The summed E-state index contributed by atoms with van der Waals surface area (Å²) in [4.78, 5) is 13.2. The van der Waals surface area contributed by atoms with Gasteiger partial charge in [-0.15, -0.1) is 0 Å². The number of nitrogens with zero attached hydrogens (tertiary/aromatic N) is 1. The molecule has 2 rings (SSSR count). The van der Waals surface area contributed by atoms with Gasteiger partial charge in [0.05, 0.1) is 6.54 Å². The monoisotopic (exact) mass is 219 g/mol. The van der Waals surface area contributed by atoms with Gasteiger partial charge in [-0.05, 0) is 30.5 Å². The topological polar surface area (TPSA) is 29.5 Å². The Labute approximate surface area is 96.0 Å². The van der Waals surface area contributed by atoms with Crippen LogP contribution in [0.2, 0.25) is 0 Å². The lowest BCUT2D eigenvalue weighted by Gasteiger charge is -2.14. The number of ether oxygens (including phenoxy) is 1. The molecular weight excluding hydrogens is 202 g/mol. The first-order chi connectivity index (χ1) is 7.58. The molecule has 16 heavy (non-hydrogen) atoms. The SMILES string of the molecule is CC(C)c1ccc(N2C[C@@H](C)OC2=O)cc1. The van der Waals surface area contributed by atoms with Gasteiger partial charge in [-0.1, -0.05) is 26.0 Å². The average Bonchev–Trinajstić information content (AvgIpc) is 2.58. The van der Waals surface area contributed by atoms with E-state index in [-0.39, 0.29) is 12.2 Å². The van der Waals surface area contributed by atoms with E-state index in [1.54, 1.807) is 4.90 Å². The molecule has 1 atom stereocenters. The summed E-state index contributed by atoms with van der Waals surface area (Å²) in [5.41, 5.74) is 2.20. The summed E-state index contributed by atoms with van der Waals surface area (Å²) in [6, 6.07) is 8.09. The van der Waals surface area contributed by atoms with Crippen molar-refractivity contribution in [3.05, 3.63) is 29.8 Å². The lowest BCUT2D eigenvalue weighted by molar-refractivity contribution is 0.150. The molecule has 1 fully saturated rings. The van der Waals surface area contributed by atoms with E-state index in [4.69, 9.17) is 4.74 Å². The number of carbonyl (C=O) groups is 1. The van der Waals surface area contributed by atoms with Crippen LogP contribution in [0.4, 0.5) is 10.5 Å². The number of anilines is 1. The van der Waals surface area contributed by atoms with Crippen LogP contribution in [0.3, 0.4) is 0 Å². The van der Waals surface area contributed by atoms with E-state index >= 15 is 0 Å². The maximum Gasteiger partial charge on any atom is 0.414 e. The van der Waals surface area contributed by atoms with Crippen molar-refractivity contribution in [3.63, 3.8) is 0 Å². The Bertz CT molecular complexity index is 383.